The van der Waals surface area contributed by atoms with Crippen LogP contribution in [0.3, 0.4) is 0 Å². The summed E-state index contributed by atoms with van der Waals surface area (Å²) in [4.78, 5) is 24.6. The standard InChI is InChI=1S/C16H25N5O2.HI/c1-13(15(22)23-3)12-19-16(17-2)21-10-8-20(9-11-21)14-6-4-5-7-18-14;/h4-7,13H,8-12H2,1-3H3,(H,17,19);1H. The quantitative estimate of drug-likeness (QED) is 0.324. The number of piperazine rings is 1. The highest BCUT2D eigenvalue weighted by molar-refractivity contribution is 14.0. The van der Waals surface area contributed by atoms with Gasteiger partial charge >= 0.3 is 5.97 Å². The number of anilines is 1. The molecule has 134 valence electrons. The number of aliphatic imine (C=N–C) groups is 1. The van der Waals surface area contributed by atoms with Gasteiger partial charge in [-0.15, -0.1) is 24.0 Å². The minimum absolute atomic E-state index is 0. The molecular formula is C16H26IN5O2. The van der Waals surface area contributed by atoms with E-state index in [-0.39, 0.29) is 35.9 Å². The molecule has 1 aliphatic rings. The Balaban J connectivity index is 0.00000288. The summed E-state index contributed by atoms with van der Waals surface area (Å²) >= 11 is 0. The lowest BCUT2D eigenvalue weighted by atomic mass is 10.2. The fourth-order valence-corrected chi connectivity index (χ4v) is 2.55. The minimum Gasteiger partial charge on any atom is -0.469 e. The van der Waals surface area contributed by atoms with E-state index in [1.807, 2.05) is 31.3 Å². The highest BCUT2D eigenvalue weighted by Crippen LogP contribution is 2.12. The molecule has 2 heterocycles. The van der Waals surface area contributed by atoms with Gasteiger partial charge < -0.3 is 19.9 Å². The molecule has 0 radical (unpaired) electrons. The molecule has 0 aromatic carbocycles. The van der Waals surface area contributed by atoms with Gasteiger partial charge in [-0.1, -0.05) is 13.0 Å². The van der Waals surface area contributed by atoms with Crippen molar-refractivity contribution in [3.05, 3.63) is 24.4 Å². The number of aromatic nitrogens is 1. The molecule has 1 unspecified atom stereocenters. The lowest BCUT2D eigenvalue weighted by Gasteiger charge is -2.37. The van der Waals surface area contributed by atoms with E-state index >= 15 is 0 Å². The number of methoxy groups -OCH3 is 1. The molecule has 1 saturated heterocycles. The number of nitrogens with zero attached hydrogens (tertiary/aromatic N) is 4. The van der Waals surface area contributed by atoms with E-state index in [1.54, 1.807) is 7.05 Å². The lowest BCUT2D eigenvalue weighted by Crippen LogP contribution is -2.53. The van der Waals surface area contributed by atoms with Gasteiger partial charge in [0.1, 0.15) is 5.82 Å². The van der Waals surface area contributed by atoms with Gasteiger partial charge in [-0.3, -0.25) is 9.79 Å². The highest BCUT2D eigenvalue weighted by atomic mass is 127. The molecule has 24 heavy (non-hydrogen) atoms. The predicted octanol–water partition coefficient (Wildman–Crippen LogP) is 1.21. The summed E-state index contributed by atoms with van der Waals surface area (Å²) in [6.07, 6.45) is 1.82. The largest absolute Gasteiger partial charge is 0.469 e. The minimum atomic E-state index is -0.215. The van der Waals surface area contributed by atoms with Crippen LogP contribution in [0.4, 0.5) is 5.82 Å². The number of carbonyl (C=O) groups excluding carboxylic acids is 1. The monoisotopic (exact) mass is 447 g/mol. The van der Waals surface area contributed by atoms with E-state index in [2.05, 4.69) is 25.1 Å². The van der Waals surface area contributed by atoms with Crippen LogP contribution in [0.5, 0.6) is 0 Å². The van der Waals surface area contributed by atoms with Gasteiger partial charge in [0.2, 0.25) is 0 Å². The number of ether oxygens (including phenoxy) is 1. The summed E-state index contributed by atoms with van der Waals surface area (Å²) in [5.41, 5.74) is 0. The number of halogens is 1. The average molecular weight is 447 g/mol. The van der Waals surface area contributed by atoms with Crippen LogP contribution >= 0.6 is 24.0 Å². The summed E-state index contributed by atoms with van der Waals surface area (Å²) in [5.74, 6) is 1.41. The van der Waals surface area contributed by atoms with Crippen LogP contribution in [-0.4, -0.2) is 68.7 Å². The maximum absolute atomic E-state index is 11.5. The molecule has 0 aliphatic carbocycles. The van der Waals surface area contributed by atoms with Crippen molar-refractivity contribution in [2.75, 3.05) is 51.8 Å². The van der Waals surface area contributed by atoms with Crippen molar-refractivity contribution < 1.29 is 9.53 Å². The molecule has 0 saturated carbocycles. The second-order valence-corrected chi connectivity index (χ2v) is 5.51. The summed E-state index contributed by atoms with van der Waals surface area (Å²) in [7, 11) is 3.17. The first-order valence-corrected chi connectivity index (χ1v) is 7.85. The maximum Gasteiger partial charge on any atom is 0.310 e. The highest BCUT2D eigenvalue weighted by Gasteiger charge is 2.21. The third-order valence-corrected chi connectivity index (χ3v) is 3.93. The fourth-order valence-electron chi connectivity index (χ4n) is 2.55. The first-order valence-electron chi connectivity index (χ1n) is 7.85. The van der Waals surface area contributed by atoms with E-state index < -0.39 is 0 Å². The smallest absolute Gasteiger partial charge is 0.310 e. The molecule has 1 aromatic heterocycles. The normalized spacial score (nSPS) is 16.2. The number of hydrogen-bond acceptors (Lipinski definition) is 5. The Morgan fingerprint density at radius 2 is 2.08 bits per heavy atom. The topological polar surface area (TPSA) is 70.1 Å². The van der Waals surface area contributed by atoms with Crippen LogP contribution in [0.2, 0.25) is 0 Å². The second-order valence-electron chi connectivity index (χ2n) is 5.51. The average Bonchev–Trinajstić information content (AvgIpc) is 2.62. The molecule has 1 fully saturated rings. The van der Waals surface area contributed by atoms with Crippen molar-refractivity contribution in [2.24, 2.45) is 10.9 Å². The van der Waals surface area contributed by atoms with Gasteiger partial charge in [-0.05, 0) is 12.1 Å². The van der Waals surface area contributed by atoms with Crippen LogP contribution in [0.1, 0.15) is 6.92 Å². The molecular weight excluding hydrogens is 421 g/mol. The molecule has 2 rings (SSSR count). The summed E-state index contributed by atoms with van der Waals surface area (Å²) in [6.45, 7) is 5.87. The molecule has 1 aromatic rings. The van der Waals surface area contributed by atoms with Gasteiger partial charge in [0.15, 0.2) is 5.96 Å². The summed E-state index contributed by atoms with van der Waals surface area (Å²) < 4.78 is 4.74. The Morgan fingerprint density at radius 3 is 2.62 bits per heavy atom. The van der Waals surface area contributed by atoms with Crippen LogP contribution in [0.25, 0.3) is 0 Å². The van der Waals surface area contributed by atoms with Crippen LogP contribution in [0, 0.1) is 5.92 Å². The van der Waals surface area contributed by atoms with E-state index in [0.29, 0.717) is 6.54 Å². The van der Waals surface area contributed by atoms with Crippen LogP contribution in [-0.2, 0) is 9.53 Å². The Hall–Kier alpha value is -1.58. The molecule has 0 amide bonds. The Morgan fingerprint density at radius 1 is 1.38 bits per heavy atom. The van der Waals surface area contributed by atoms with E-state index in [0.717, 1.165) is 38.0 Å². The molecule has 8 heteroatoms. The lowest BCUT2D eigenvalue weighted by molar-refractivity contribution is -0.144. The molecule has 0 spiro atoms. The van der Waals surface area contributed by atoms with Crippen LogP contribution < -0.4 is 10.2 Å². The van der Waals surface area contributed by atoms with Gasteiger partial charge in [0.05, 0.1) is 13.0 Å². The third kappa shape index (κ3) is 5.50. The van der Waals surface area contributed by atoms with Crippen LogP contribution in [0.15, 0.2) is 29.4 Å². The zero-order chi connectivity index (χ0) is 16.7. The number of pyridine rings is 1. The second kappa shape index (κ2) is 10.3. The number of hydrogen-bond donors (Lipinski definition) is 1. The predicted molar refractivity (Wildman–Crippen MR) is 106 cm³/mol. The van der Waals surface area contributed by atoms with Gasteiger partial charge in [0, 0.05) is 46.0 Å². The fraction of sp³-hybridized carbons (Fsp3) is 0.562. The zero-order valence-electron chi connectivity index (χ0n) is 14.4. The Labute approximate surface area is 160 Å². The Kier molecular flexibility index (Phi) is 8.80. The molecule has 1 atom stereocenters. The third-order valence-electron chi connectivity index (χ3n) is 3.93. The van der Waals surface area contributed by atoms with E-state index in [4.69, 9.17) is 4.74 Å². The molecule has 7 nitrogen and oxygen atoms in total. The van der Waals surface area contributed by atoms with Gasteiger partial charge in [-0.25, -0.2) is 4.98 Å². The van der Waals surface area contributed by atoms with Crippen molar-refractivity contribution in [1.29, 1.82) is 0 Å². The van der Waals surface area contributed by atoms with Crippen molar-refractivity contribution in [3.8, 4) is 0 Å². The zero-order valence-corrected chi connectivity index (χ0v) is 16.8. The SMILES string of the molecule is CN=C(NCC(C)C(=O)OC)N1CCN(c2ccccn2)CC1.I. The van der Waals surface area contributed by atoms with Crippen molar-refractivity contribution >= 4 is 41.7 Å². The number of carbonyl (C=O) groups is 1. The van der Waals surface area contributed by atoms with Gasteiger partial charge in [0.25, 0.3) is 0 Å². The van der Waals surface area contributed by atoms with Crippen molar-refractivity contribution in [1.82, 2.24) is 15.2 Å². The van der Waals surface area contributed by atoms with E-state index in [9.17, 15) is 4.79 Å². The molecule has 1 N–H and O–H groups in total. The maximum atomic E-state index is 11.5. The first kappa shape index (κ1) is 20.5. The van der Waals surface area contributed by atoms with Crippen molar-refractivity contribution in [3.63, 3.8) is 0 Å². The number of rotatable bonds is 4. The molecule has 1 aliphatic heterocycles. The number of nitrogens with one attached hydrogen (secondary N) is 1. The number of guanidine groups is 1. The Bertz CT molecular complexity index is 533. The number of esters is 1. The summed E-state index contributed by atoms with van der Waals surface area (Å²) in [5, 5.41) is 3.25. The molecule has 0 bridgehead atoms. The van der Waals surface area contributed by atoms with Gasteiger partial charge in [-0.2, -0.15) is 0 Å². The first-order chi connectivity index (χ1) is 11.2. The summed E-state index contributed by atoms with van der Waals surface area (Å²) in [6, 6.07) is 5.96. The van der Waals surface area contributed by atoms with Crippen molar-refractivity contribution in [2.45, 2.75) is 6.92 Å². The van der Waals surface area contributed by atoms with E-state index in [1.165, 1.54) is 7.11 Å².